The van der Waals surface area contributed by atoms with Gasteiger partial charge in [-0.15, -0.1) is 0 Å². The van der Waals surface area contributed by atoms with Crippen molar-refractivity contribution in [3.63, 3.8) is 0 Å². The summed E-state index contributed by atoms with van der Waals surface area (Å²) in [5, 5.41) is 0.317. The number of thiazole rings is 1. The molecule has 0 saturated carbocycles. The summed E-state index contributed by atoms with van der Waals surface area (Å²) in [5.41, 5.74) is 6.56. The van der Waals surface area contributed by atoms with E-state index in [9.17, 15) is 9.59 Å². The van der Waals surface area contributed by atoms with E-state index in [1.807, 2.05) is 0 Å². The number of carbonyl (C=O) groups is 2. The van der Waals surface area contributed by atoms with Gasteiger partial charge in [0.1, 0.15) is 0 Å². The number of anilines is 1. The summed E-state index contributed by atoms with van der Waals surface area (Å²) in [4.78, 5) is 27.2. The zero-order valence-electron chi connectivity index (χ0n) is 9.72. The fraction of sp³-hybridized carbons (Fsp3) is 0.182. The molecule has 18 heavy (non-hydrogen) atoms. The molecule has 2 N–H and O–H groups in total. The van der Waals surface area contributed by atoms with Crippen LogP contribution in [0, 0.1) is 0 Å². The number of fused-ring (bicyclic) bond motifs is 1. The number of methoxy groups -OCH3 is 2. The average Bonchev–Trinajstić information content (AvgIpc) is 2.75. The first-order valence-corrected chi connectivity index (χ1v) is 5.75. The van der Waals surface area contributed by atoms with Crippen molar-refractivity contribution in [3.8, 4) is 0 Å². The van der Waals surface area contributed by atoms with Gasteiger partial charge in [0.15, 0.2) is 5.13 Å². The number of ether oxygens (including phenoxy) is 2. The van der Waals surface area contributed by atoms with Crippen molar-refractivity contribution in [1.82, 2.24) is 4.98 Å². The van der Waals surface area contributed by atoms with E-state index in [1.54, 1.807) is 0 Å². The van der Waals surface area contributed by atoms with Gasteiger partial charge in [0.05, 0.1) is 35.6 Å². The summed E-state index contributed by atoms with van der Waals surface area (Å²) < 4.78 is 9.87. The summed E-state index contributed by atoms with van der Waals surface area (Å²) in [5.74, 6) is -1.09. The number of hydrogen-bond donors (Lipinski definition) is 1. The van der Waals surface area contributed by atoms with E-state index in [0.29, 0.717) is 15.3 Å². The minimum atomic E-state index is -0.548. The predicted octanol–water partition coefficient (Wildman–Crippen LogP) is 1.45. The number of rotatable bonds is 2. The Bertz CT molecular complexity index is 635. The average molecular weight is 266 g/mol. The van der Waals surface area contributed by atoms with E-state index < -0.39 is 11.9 Å². The first-order valence-electron chi connectivity index (χ1n) is 4.93. The quantitative estimate of drug-likeness (QED) is 0.827. The first-order chi connectivity index (χ1) is 8.56. The fourth-order valence-corrected chi connectivity index (χ4v) is 2.36. The molecule has 6 nitrogen and oxygen atoms in total. The maximum absolute atomic E-state index is 11.7. The molecule has 0 spiro atoms. The molecule has 0 atom stereocenters. The Balaban J connectivity index is 2.71. The van der Waals surface area contributed by atoms with Crippen LogP contribution in [0.3, 0.4) is 0 Å². The SMILES string of the molecule is COC(=O)c1cc(C(=O)OC)c2sc(N)nc2c1. The summed E-state index contributed by atoms with van der Waals surface area (Å²) in [7, 11) is 2.53. The van der Waals surface area contributed by atoms with Crippen LogP contribution in [-0.4, -0.2) is 31.1 Å². The molecule has 0 aliphatic carbocycles. The Labute approximate surface area is 106 Å². The lowest BCUT2D eigenvalue weighted by atomic mass is 10.1. The molecule has 1 aromatic carbocycles. The second-order valence-electron chi connectivity index (χ2n) is 3.41. The maximum atomic E-state index is 11.7. The molecule has 0 aliphatic rings. The number of benzene rings is 1. The minimum Gasteiger partial charge on any atom is -0.465 e. The van der Waals surface area contributed by atoms with Gasteiger partial charge in [-0.2, -0.15) is 0 Å². The van der Waals surface area contributed by atoms with Crippen molar-refractivity contribution in [3.05, 3.63) is 23.3 Å². The van der Waals surface area contributed by atoms with Crippen molar-refractivity contribution >= 4 is 38.6 Å². The van der Waals surface area contributed by atoms with Gasteiger partial charge in [-0.25, -0.2) is 14.6 Å². The molecule has 0 saturated heterocycles. The van der Waals surface area contributed by atoms with Crippen LogP contribution in [0.4, 0.5) is 5.13 Å². The molecule has 7 heteroatoms. The molecule has 0 aliphatic heterocycles. The Kier molecular flexibility index (Phi) is 3.15. The van der Waals surface area contributed by atoms with E-state index in [2.05, 4.69) is 14.5 Å². The van der Waals surface area contributed by atoms with Crippen molar-refractivity contribution < 1.29 is 19.1 Å². The lowest BCUT2D eigenvalue weighted by Gasteiger charge is -2.03. The monoisotopic (exact) mass is 266 g/mol. The van der Waals surface area contributed by atoms with Gasteiger partial charge in [0.2, 0.25) is 0 Å². The number of nitrogens with two attached hydrogens (primary N) is 1. The molecule has 2 rings (SSSR count). The lowest BCUT2D eigenvalue weighted by molar-refractivity contribution is 0.0600. The number of aromatic nitrogens is 1. The molecule has 2 aromatic rings. The lowest BCUT2D eigenvalue weighted by Crippen LogP contribution is -2.06. The zero-order chi connectivity index (χ0) is 13.3. The number of esters is 2. The van der Waals surface area contributed by atoms with Gasteiger partial charge < -0.3 is 15.2 Å². The second kappa shape index (κ2) is 4.61. The summed E-state index contributed by atoms with van der Waals surface area (Å²) in [6.07, 6.45) is 0. The van der Waals surface area contributed by atoms with Gasteiger partial charge in [0.25, 0.3) is 0 Å². The van der Waals surface area contributed by atoms with Gasteiger partial charge >= 0.3 is 11.9 Å². The van der Waals surface area contributed by atoms with Crippen LogP contribution in [0.5, 0.6) is 0 Å². The minimum absolute atomic E-state index is 0.232. The Morgan fingerprint density at radius 2 is 1.89 bits per heavy atom. The highest BCUT2D eigenvalue weighted by atomic mass is 32.1. The molecular formula is C11H10N2O4S. The summed E-state index contributed by atoms with van der Waals surface area (Å²) >= 11 is 1.16. The third-order valence-electron chi connectivity index (χ3n) is 2.33. The van der Waals surface area contributed by atoms with E-state index in [0.717, 1.165) is 11.3 Å². The van der Waals surface area contributed by atoms with Crippen molar-refractivity contribution in [1.29, 1.82) is 0 Å². The number of hydrogen-bond acceptors (Lipinski definition) is 7. The van der Waals surface area contributed by atoms with Crippen molar-refractivity contribution in [2.45, 2.75) is 0 Å². The molecule has 0 amide bonds. The second-order valence-corrected chi connectivity index (χ2v) is 4.44. The highest BCUT2D eigenvalue weighted by Crippen LogP contribution is 2.29. The normalized spacial score (nSPS) is 10.3. The first kappa shape index (κ1) is 12.3. The van der Waals surface area contributed by atoms with Gasteiger partial charge in [-0.1, -0.05) is 11.3 Å². The van der Waals surface area contributed by atoms with E-state index in [-0.39, 0.29) is 11.1 Å². The smallest absolute Gasteiger partial charge is 0.339 e. The van der Waals surface area contributed by atoms with Crippen LogP contribution in [0.15, 0.2) is 12.1 Å². The largest absolute Gasteiger partial charge is 0.465 e. The van der Waals surface area contributed by atoms with Crippen molar-refractivity contribution in [2.75, 3.05) is 20.0 Å². The molecule has 1 aromatic heterocycles. The molecule has 1 heterocycles. The van der Waals surface area contributed by atoms with E-state index in [4.69, 9.17) is 5.73 Å². The summed E-state index contributed by atoms with van der Waals surface area (Å²) in [6, 6.07) is 2.94. The van der Waals surface area contributed by atoms with Crippen LogP contribution in [0.2, 0.25) is 0 Å². The van der Waals surface area contributed by atoms with E-state index in [1.165, 1.54) is 26.4 Å². The van der Waals surface area contributed by atoms with Crippen LogP contribution < -0.4 is 5.73 Å². The number of nitrogens with zero attached hydrogens (tertiary/aromatic N) is 1. The van der Waals surface area contributed by atoms with Crippen molar-refractivity contribution in [2.24, 2.45) is 0 Å². The maximum Gasteiger partial charge on any atom is 0.339 e. The van der Waals surface area contributed by atoms with Crippen LogP contribution in [-0.2, 0) is 9.47 Å². The predicted molar refractivity (Wildman–Crippen MR) is 66.7 cm³/mol. The molecule has 94 valence electrons. The van der Waals surface area contributed by atoms with Crippen LogP contribution >= 0.6 is 11.3 Å². The molecule has 0 bridgehead atoms. The molecule has 0 unspecified atom stereocenters. The third kappa shape index (κ3) is 2.00. The Hall–Kier alpha value is -2.15. The molecular weight excluding hydrogens is 256 g/mol. The third-order valence-corrected chi connectivity index (χ3v) is 3.27. The van der Waals surface area contributed by atoms with Gasteiger partial charge in [0, 0.05) is 0 Å². The van der Waals surface area contributed by atoms with Crippen LogP contribution in [0.25, 0.3) is 10.2 Å². The standard InChI is InChI=1S/C11H10N2O4S/c1-16-9(14)5-3-6(10(15)17-2)8-7(4-5)13-11(12)18-8/h3-4H,1-2H3,(H2,12,13). The highest BCUT2D eigenvalue weighted by molar-refractivity contribution is 7.22. The topological polar surface area (TPSA) is 91.5 Å². The fourth-order valence-electron chi connectivity index (χ4n) is 1.55. The Morgan fingerprint density at radius 1 is 1.22 bits per heavy atom. The molecule has 0 fully saturated rings. The van der Waals surface area contributed by atoms with E-state index >= 15 is 0 Å². The summed E-state index contributed by atoms with van der Waals surface area (Å²) in [6.45, 7) is 0. The molecule has 0 radical (unpaired) electrons. The number of carbonyl (C=O) groups excluding carboxylic acids is 2. The number of nitrogen functional groups attached to an aromatic ring is 1. The van der Waals surface area contributed by atoms with Gasteiger partial charge in [-0.3, -0.25) is 0 Å². The highest BCUT2D eigenvalue weighted by Gasteiger charge is 2.18. The van der Waals surface area contributed by atoms with Crippen LogP contribution in [0.1, 0.15) is 20.7 Å². The van der Waals surface area contributed by atoms with Gasteiger partial charge in [-0.05, 0) is 12.1 Å². The zero-order valence-corrected chi connectivity index (χ0v) is 10.5. The Morgan fingerprint density at radius 3 is 2.50 bits per heavy atom.